The van der Waals surface area contributed by atoms with Gasteiger partial charge in [0.25, 0.3) is 0 Å². The third-order valence-corrected chi connectivity index (χ3v) is 6.15. The molecule has 1 aliphatic heterocycles. The summed E-state index contributed by atoms with van der Waals surface area (Å²) in [7, 11) is 1.79. The van der Waals surface area contributed by atoms with Gasteiger partial charge in [0.2, 0.25) is 0 Å². The first-order valence-electron chi connectivity index (χ1n) is 11.1. The van der Waals surface area contributed by atoms with E-state index in [0.717, 1.165) is 64.9 Å². The van der Waals surface area contributed by atoms with Crippen molar-refractivity contribution in [3.63, 3.8) is 0 Å². The van der Waals surface area contributed by atoms with E-state index < -0.39 is 0 Å². The average molecular weight is 403 g/mol. The van der Waals surface area contributed by atoms with Gasteiger partial charge in [0, 0.05) is 46.4 Å². The van der Waals surface area contributed by atoms with Crippen molar-refractivity contribution in [3.8, 4) is 0 Å². The molecule has 0 bridgehead atoms. The predicted molar refractivity (Wildman–Crippen MR) is 118 cm³/mol. The number of benzene rings is 1. The highest BCUT2D eigenvalue weighted by Crippen LogP contribution is 2.43. The number of morpholine rings is 1. The fourth-order valence-corrected chi connectivity index (χ4v) is 4.14. The second-order valence-electron chi connectivity index (χ2n) is 8.35. The fraction of sp³-hybridized carbons (Fsp3) is 0.696. The Morgan fingerprint density at radius 3 is 2.69 bits per heavy atom. The summed E-state index contributed by atoms with van der Waals surface area (Å²) in [6.45, 7) is 10.2. The number of ether oxygens (including phenoxy) is 2. The van der Waals surface area contributed by atoms with Crippen LogP contribution >= 0.6 is 0 Å². The number of aliphatic imine (C=N–C) groups is 1. The molecule has 1 aromatic rings. The van der Waals surface area contributed by atoms with Gasteiger partial charge < -0.3 is 20.1 Å². The van der Waals surface area contributed by atoms with Gasteiger partial charge in [-0.2, -0.15) is 0 Å². The largest absolute Gasteiger partial charge is 0.385 e. The zero-order chi connectivity index (χ0) is 20.4. The molecule has 0 unspecified atom stereocenters. The molecule has 0 aromatic heterocycles. The van der Waals surface area contributed by atoms with Crippen LogP contribution in [0.1, 0.15) is 43.7 Å². The lowest BCUT2D eigenvalue weighted by Gasteiger charge is -2.42. The molecule has 6 nitrogen and oxygen atoms in total. The average Bonchev–Trinajstić information content (AvgIpc) is 2.72. The van der Waals surface area contributed by atoms with Crippen LogP contribution in [0.5, 0.6) is 0 Å². The van der Waals surface area contributed by atoms with Crippen LogP contribution in [0, 0.1) is 5.41 Å². The van der Waals surface area contributed by atoms with E-state index in [1.807, 2.05) is 0 Å². The van der Waals surface area contributed by atoms with Gasteiger partial charge in [-0.25, -0.2) is 4.99 Å². The van der Waals surface area contributed by atoms with Crippen molar-refractivity contribution >= 4 is 5.96 Å². The first-order chi connectivity index (χ1) is 14.2. The van der Waals surface area contributed by atoms with E-state index >= 15 is 0 Å². The molecule has 1 saturated heterocycles. The van der Waals surface area contributed by atoms with E-state index in [-0.39, 0.29) is 0 Å². The second kappa shape index (κ2) is 11.5. The Bertz CT molecular complexity index is 640. The molecule has 2 aliphatic rings. The molecule has 0 radical (unpaired) electrons. The minimum absolute atomic E-state index is 0.379. The van der Waals surface area contributed by atoms with Crippen molar-refractivity contribution in [2.45, 2.75) is 45.7 Å². The molecule has 162 valence electrons. The number of hydrogen-bond donors (Lipinski definition) is 2. The normalized spacial score (nSPS) is 19.6. The number of rotatable bonds is 10. The molecule has 0 amide bonds. The van der Waals surface area contributed by atoms with E-state index in [9.17, 15) is 0 Å². The van der Waals surface area contributed by atoms with Gasteiger partial charge >= 0.3 is 0 Å². The van der Waals surface area contributed by atoms with E-state index in [0.29, 0.717) is 12.0 Å². The second-order valence-corrected chi connectivity index (χ2v) is 8.35. The van der Waals surface area contributed by atoms with Gasteiger partial charge in [-0.3, -0.25) is 4.90 Å². The lowest BCUT2D eigenvalue weighted by atomic mass is 9.67. The third-order valence-electron chi connectivity index (χ3n) is 6.15. The summed E-state index contributed by atoms with van der Waals surface area (Å²) >= 11 is 0. The van der Waals surface area contributed by atoms with Crippen LogP contribution in [0.15, 0.2) is 29.3 Å². The summed E-state index contributed by atoms with van der Waals surface area (Å²) in [6.07, 6.45) is 5.02. The molecule has 29 heavy (non-hydrogen) atoms. The summed E-state index contributed by atoms with van der Waals surface area (Å²) in [4.78, 5) is 7.30. The molecule has 1 aliphatic carbocycles. The maximum absolute atomic E-state index is 5.45. The maximum atomic E-state index is 5.45. The zero-order valence-electron chi connectivity index (χ0n) is 18.2. The molecule has 0 atom stereocenters. The Morgan fingerprint density at radius 2 is 2.00 bits per heavy atom. The summed E-state index contributed by atoms with van der Waals surface area (Å²) in [6, 6.07) is 8.81. The number of nitrogens with zero attached hydrogens (tertiary/aromatic N) is 2. The first kappa shape index (κ1) is 22.1. The molecular weight excluding hydrogens is 364 g/mol. The van der Waals surface area contributed by atoms with Crippen LogP contribution in [0.2, 0.25) is 0 Å². The molecule has 0 spiro atoms. The highest BCUT2D eigenvalue weighted by molar-refractivity contribution is 5.79. The SMILES string of the molecule is CCNC(=NCc1cccc(CN2CCOCC2)c1)NCC1(CCOC)CCC1. The molecular formula is C23H38N4O2. The Morgan fingerprint density at radius 1 is 1.21 bits per heavy atom. The van der Waals surface area contributed by atoms with Gasteiger partial charge in [0.1, 0.15) is 0 Å². The fourth-order valence-electron chi connectivity index (χ4n) is 4.14. The predicted octanol–water partition coefficient (Wildman–Crippen LogP) is 2.78. The topological polar surface area (TPSA) is 58.1 Å². The lowest BCUT2D eigenvalue weighted by Crippen LogP contribution is -2.46. The van der Waals surface area contributed by atoms with Crippen molar-refractivity contribution in [1.29, 1.82) is 0 Å². The summed E-state index contributed by atoms with van der Waals surface area (Å²) in [5, 5.41) is 6.98. The highest BCUT2D eigenvalue weighted by atomic mass is 16.5. The van der Waals surface area contributed by atoms with Crippen molar-refractivity contribution in [2.75, 3.05) is 53.1 Å². The zero-order valence-corrected chi connectivity index (χ0v) is 18.2. The Kier molecular flexibility index (Phi) is 8.77. The van der Waals surface area contributed by atoms with Crippen LogP contribution in [0.25, 0.3) is 0 Å². The summed E-state index contributed by atoms with van der Waals surface area (Å²) in [5.74, 6) is 0.912. The van der Waals surface area contributed by atoms with Gasteiger partial charge in [0.15, 0.2) is 5.96 Å². The third kappa shape index (κ3) is 6.98. The molecule has 2 fully saturated rings. The van der Waals surface area contributed by atoms with Crippen LogP contribution in [0.4, 0.5) is 0 Å². The lowest BCUT2D eigenvalue weighted by molar-refractivity contribution is 0.0342. The van der Waals surface area contributed by atoms with Crippen molar-refractivity contribution in [3.05, 3.63) is 35.4 Å². The summed E-state index contributed by atoms with van der Waals surface area (Å²) < 4.78 is 10.8. The maximum Gasteiger partial charge on any atom is 0.191 e. The molecule has 2 N–H and O–H groups in total. The number of hydrogen-bond acceptors (Lipinski definition) is 4. The van der Waals surface area contributed by atoms with E-state index in [1.165, 1.54) is 30.4 Å². The highest BCUT2D eigenvalue weighted by Gasteiger charge is 2.36. The van der Waals surface area contributed by atoms with Gasteiger partial charge in [-0.15, -0.1) is 0 Å². The quantitative estimate of drug-likeness (QED) is 0.466. The van der Waals surface area contributed by atoms with Crippen molar-refractivity contribution in [2.24, 2.45) is 10.4 Å². The molecule has 1 aromatic carbocycles. The smallest absolute Gasteiger partial charge is 0.191 e. The monoisotopic (exact) mass is 402 g/mol. The standard InChI is InChI=1S/C23H38N4O2/c1-3-24-22(26-19-23(8-5-9-23)10-13-28-2)25-17-20-6-4-7-21(16-20)18-27-11-14-29-15-12-27/h4,6-7,16H,3,5,8-15,17-19H2,1-2H3,(H2,24,25,26). The minimum Gasteiger partial charge on any atom is -0.385 e. The molecule has 1 saturated carbocycles. The van der Waals surface area contributed by atoms with E-state index in [4.69, 9.17) is 14.5 Å². The van der Waals surface area contributed by atoms with Crippen molar-refractivity contribution < 1.29 is 9.47 Å². The molecule has 1 heterocycles. The van der Waals surface area contributed by atoms with Crippen LogP contribution in [-0.2, 0) is 22.6 Å². The van der Waals surface area contributed by atoms with Crippen molar-refractivity contribution in [1.82, 2.24) is 15.5 Å². The Labute approximate surface area is 176 Å². The number of nitrogens with one attached hydrogen (secondary N) is 2. The molecule has 3 rings (SSSR count). The summed E-state index contributed by atoms with van der Waals surface area (Å²) in [5.41, 5.74) is 2.99. The molecule has 6 heteroatoms. The Balaban J connectivity index is 1.54. The van der Waals surface area contributed by atoms with Crippen LogP contribution in [0.3, 0.4) is 0 Å². The van der Waals surface area contributed by atoms with E-state index in [2.05, 4.69) is 46.7 Å². The minimum atomic E-state index is 0.379. The van der Waals surface area contributed by atoms with Gasteiger partial charge in [-0.05, 0) is 42.7 Å². The first-order valence-corrected chi connectivity index (χ1v) is 11.1. The van der Waals surface area contributed by atoms with E-state index in [1.54, 1.807) is 7.11 Å². The number of methoxy groups -OCH3 is 1. The Hall–Kier alpha value is -1.63. The van der Waals surface area contributed by atoms with Gasteiger partial charge in [-0.1, -0.05) is 30.7 Å². The number of guanidine groups is 1. The van der Waals surface area contributed by atoms with Crippen LogP contribution in [-0.4, -0.2) is 64.0 Å². The van der Waals surface area contributed by atoms with Gasteiger partial charge in [0.05, 0.1) is 19.8 Å². The van der Waals surface area contributed by atoms with Crippen LogP contribution < -0.4 is 10.6 Å².